The fourth-order valence-corrected chi connectivity index (χ4v) is 3.26. The van der Waals surface area contributed by atoms with E-state index < -0.39 is 5.97 Å². The van der Waals surface area contributed by atoms with Gasteiger partial charge in [0.2, 0.25) is 0 Å². The quantitative estimate of drug-likeness (QED) is 0.924. The van der Waals surface area contributed by atoms with E-state index in [2.05, 4.69) is 21.0 Å². The fourth-order valence-electron chi connectivity index (χ4n) is 2.66. The van der Waals surface area contributed by atoms with Crippen molar-refractivity contribution in [1.29, 1.82) is 0 Å². The molecule has 0 bridgehead atoms. The number of carbonyl (C=O) groups is 1. The predicted octanol–water partition coefficient (Wildman–Crippen LogP) is 3.13. The van der Waals surface area contributed by atoms with Crippen molar-refractivity contribution in [3.8, 4) is 5.69 Å². The van der Waals surface area contributed by atoms with Crippen molar-refractivity contribution in [2.45, 2.75) is 26.2 Å². The molecular formula is C14H13BrN2O2. The zero-order valence-electron chi connectivity index (χ0n) is 10.5. The summed E-state index contributed by atoms with van der Waals surface area (Å²) in [4.78, 5) is 11.3. The summed E-state index contributed by atoms with van der Waals surface area (Å²) >= 11 is 3.47. The number of aromatic nitrogens is 2. The summed E-state index contributed by atoms with van der Waals surface area (Å²) < 4.78 is 2.76. The molecule has 5 heteroatoms. The Morgan fingerprint density at radius 3 is 2.84 bits per heavy atom. The molecular weight excluding hydrogens is 308 g/mol. The molecule has 1 heterocycles. The Morgan fingerprint density at radius 1 is 1.37 bits per heavy atom. The molecule has 1 aromatic heterocycles. The number of hydrogen-bond acceptors (Lipinski definition) is 2. The molecule has 2 aromatic rings. The molecule has 0 amide bonds. The van der Waals surface area contributed by atoms with E-state index in [-0.39, 0.29) is 5.69 Å². The van der Waals surface area contributed by atoms with Crippen LogP contribution in [0.1, 0.15) is 33.7 Å². The lowest BCUT2D eigenvalue weighted by atomic mass is 10.2. The van der Waals surface area contributed by atoms with Crippen LogP contribution in [0.4, 0.5) is 0 Å². The largest absolute Gasteiger partial charge is 0.476 e. The minimum absolute atomic E-state index is 0.199. The predicted molar refractivity (Wildman–Crippen MR) is 75.0 cm³/mol. The van der Waals surface area contributed by atoms with Gasteiger partial charge in [0.05, 0.1) is 5.69 Å². The van der Waals surface area contributed by atoms with Gasteiger partial charge in [-0.3, -0.25) is 0 Å². The number of carboxylic acids is 1. The molecule has 0 radical (unpaired) electrons. The van der Waals surface area contributed by atoms with Gasteiger partial charge in [0, 0.05) is 15.7 Å². The number of aromatic carboxylic acids is 1. The number of benzene rings is 1. The summed E-state index contributed by atoms with van der Waals surface area (Å²) in [6.07, 6.45) is 2.70. The summed E-state index contributed by atoms with van der Waals surface area (Å²) in [5, 5.41) is 13.5. The molecule has 19 heavy (non-hydrogen) atoms. The smallest absolute Gasteiger partial charge is 0.356 e. The zero-order valence-corrected chi connectivity index (χ0v) is 12.1. The summed E-state index contributed by atoms with van der Waals surface area (Å²) in [6.45, 7) is 2.01. The standard InChI is InChI=1S/C14H13BrN2O2/c1-8-5-9(15)7-10(6-8)17-12-4-2-3-11(12)13(16-17)14(18)19/h5-7H,2-4H2,1H3,(H,18,19). The van der Waals surface area contributed by atoms with Crippen molar-refractivity contribution in [2.75, 3.05) is 0 Å². The Hall–Kier alpha value is -1.62. The van der Waals surface area contributed by atoms with E-state index in [9.17, 15) is 9.90 Å². The van der Waals surface area contributed by atoms with Crippen LogP contribution >= 0.6 is 15.9 Å². The lowest BCUT2D eigenvalue weighted by Crippen LogP contribution is -2.04. The maximum atomic E-state index is 11.3. The van der Waals surface area contributed by atoms with E-state index in [1.165, 1.54) is 0 Å². The molecule has 3 rings (SSSR count). The average molecular weight is 321 g/mol. The second kappa shape index (κ2) is 4.49. The van der Waals surface area contributed by atoms with Gasteiger partial charge in [-0.15, -0.1) is 0 Å². The summed E-state index contributed by atoms with van der Waals surface area (Å²) in [5.41, 5.74) is 4.16. The van der Waals surface area contributed by atoms with Gasteiger partial charge in [0.15, 0.2) is 5.69 Å². The van der Waals surface area contributed by atoms with Crippen LogP contribution < -0.4 is 0 Å². The number of nitrogens with zero attached hydrogens (tertiary/aromatic N) is 2. The van der Waals surface area contributed by atoms with Crippen LogP contribution in [0, 0.1) is 6.92 Å². The third-order valence-electron chi connectivity index (χ3n) is 3.40. The fraction of sp³-hybridized carbons (Fsp3) is 0.286. The Balaban J connectivity index is 2.20. The first-order valence-corrected chi connectivity index (χ1v) is 6.97. The molecule has 1 N–H and O–H groups in total. The van der Waals surface area contributed by atoms with Crippen molar-refractivity contribution in [1.82, 2.24) is 9.78 Å². The van der Waals surface area contributed by atoms with Gasteiger partial charge in [-0.2, -0.15) is 5.10 Å². The van der Waals surface area contributed by atoms with Crippen molar-refractivity contribution in [2.24, 2.45) is 0 Å². The Morgan fingerprint density at radius 2 is 2.16 bits per heavy atom. The van der Waals surface area contributed by atoms with Crippen molar-refractivity contribution < 1.29 is 9.90 Å². The minimum Gasteiger partial charge on any atom is -0.476 e. The average Bonchev–Trinajstić information content (AvgIpc) is 2.86. The van der Waals surface area contributed by atoms with E-state index in [0.717, 1.165) is 46.2 Å². The van der Waals surface area contributed by atoms with Crippen LogP contribution in [0.3, 0.4) is 0 Å². The highest BCUT2D eigenvalue weighted by Crippen LogP contribution is 2.29. The zero-order chi connectivity index (χ0) is 13.6. The highest BCUT2D eigenvalue weighted by atomic mass is 79.9. The third kappa shape index (κ3) is 2.08. The number of fused-ring (bicyclic) bond motifs is 1. The first-order valence-electron chi connectivity index (χ1n) is 6.18. The third-order valence-corrected chi connectivity index (χ3v) is 3.86. The molecule has 1 aliphatic rings. The van der Waals surface area contributed by atoms with Gasteiger partial charge in [0.1, 0.15) is 0 Å². The maximum absolute atomic E-state index is 11.3. The van der Waals surface area contributed by atoms with Gasteiger partial charge in [-0.25, -0.2) is 9.48 Å². The monoisotopic (exact) mass is 320 g/mol. The Labute approximate surface area is 119 Å². The van der Waals surface area contributed by atoms with Crippen LogP contribution in [0.25, 0.3) is 5.69 Å². The van der Waals surface area contributed by atoms with Crippen LogP contribution in [0.15, 0.2) is 22.7 Å². The summed E-state index contributed by atoms with van der Waals surface area (Å²) in [5.74, 6) is -0.941. The molecule has 0 unspecified atom stereocenters. The highest BCUT2D eigenvalue weighted by Gasteiger charge is 2.26. The van der Waals surface area contributed by atoms with E-state index in [0.29, 0.717) is 0 Å². The van der Waals surface area contributed by atoms with Gasteiger partial charge < -0.3 is 5.11 Å². The minimum atomic E-state index is -0.941. The molecule has 1 aliphatic carbocycles. The maximum Gasteiger partial charge on any atom is 0.356 e. The van der Waals surface area contributed by atoms with Gasteiger partial charge >= 0.3 is 5.97 Å². The SMILES string of the molecule is Cc1cc(Br)cc(-n2nc(C(=O)O)c3c2CCC3)c1. The highest BCUT2D eigenvalue weighted by molar-refractivity contribution is 9.10. The molecule has 0 saturated heterocycles. The van der Waals surface area contributed by atoms with E-state index >= 15 is 0 Å². The number of hydrogen-bond donors (Lipinski definition) is 1. The molecule has 0 fully saturated rings. The normalized spacial score (nSPS) is 13.6. The lowest BCUT2D eigenvalue weighted by molar-refractivity contribution is 0.0689. The number of aryl methyl sites for hydroxylation is 1. The van der Waals surface area contributed by atoms with Crippen molar-refractivity contribution >= 4 is 21.9 Å². The number of rotatable bonds is 2. The molecule has 0 saturated carbocycles. The van der Waals surface area contributed by atoms with E-state index in [1.54, 1.807) is 4.68 Å². The number of carboxylic acid groups (broad SMARTS) is 1. The van der Waals surface area contributed by atoms with E-state index in [1.807, 2.05) is 25.1 Å². The van der Waals surface area contributed by atoms with Crippen LogP contribution in [0.5, 0.6) is 0 Å². The second-order valence-corrected chi connectivity index (χ2v) is 5.75. The van der Waals surface area contributed by atoms with Crippen LogP contribution in [0.2, 0.25) is 0 Å². The van der Waals surface area contributed by atoms with Crippen LogP contribution in [-0.2, 0) is 12.8 Å². The summed E-state index contributed by atoms with van der Waals surface area (Å²) in [7, 11) is 0. The van der Waals surface area contributed by atoms with Crippen molar-refractivity contribution in [3.63, 3.8) is 0 Å². The van der Waals surface area contributed by atoms with Gasteiger partial charge in [-0.1, -0.05) is 15.9 Å². The molecule has 98 valence electrons. The Kier molecular flexibility index (Phi) is 2.93. The first-order chi connectivity index (χ1) is 9.06. The Bertz CT molecular complexity index is 656. The van der Waals surface area contributed by atoms with Crippen molar-refractivity contribution in [3.05, 3.63) is 45.2 Å². The second-order valence-electron chi connectivity index (χ2n) is 4.83. The van der Waals surface area contributed by atoms with Gasteiger partial charge in [0.25, 0.3) is 0 Å². The van der Waals surface area contributed by atoms with Gasteiger partial charge in [-0.05, 0) is 49.9 Å². The van der Waals surface area contributed by atoms with E-state index in [4.69, 9.17) is 0 Å². The molecule has 1 aromatic carbocycles. The lowest BCUT2D eigenvalue weighted by Gasteiger charge is -2.07. The topological polar surface area (TPSA) is 55.1 Å². The molecule has 0 atom stereocenters. The molecule has 0 spiro atoms. The summed E-state index contributed by atoms with van der Waals surface area (Å²) in [6, 6.07) is 6.00. The molecule has 0 aliphatic heterocycles. The molecule has 4 nitrogen and oxygen atoms in total. The first kappa shape index (κ1) is 12.4. The van der Waals surface area contributed by atoms with Crippen LogP contribution in [-0.4, -0.2) is 20.9 Å². The number of halogens is 1.